The summed E-state index contributed by atoms with van der Waals surface area (Å²) in [6.07, 6.45) is 3.72. The lowest BCUT2D eigenvalue weighted by Crippen LogP contribution is -2.28. The number of aryl methyl sites for hydroxylation is 2. The average Bonchev–Trinajstić information content (AvgIpc) is 2.73. The van der Waals surface area contributed by atoms with Crippen molar-refractivity contribution in [3.63, 3.8) is 0 Å². The molecule has 0 aliphatic carbocycles. The molecule has 0 saturated carbocycles. The van der Waals surface area contributed by atoms with Gasteiger partial charge in [0.15, 0.2) is 0 Å². The maximum absolute atomic E-state index is 6.17. The zero-order valence-corrected chi connectivity index (χ0v) is 11.6. The third kappa shape index (κ3) is 1.82. The Bertz CT molecular complexity index is 582. The van der Waals surface area contributed by atoms with E-state index in [2.05, 4.69) is 23.0 Å². The maximum atomic E-state index is 6.17. The summed E-state index contributed by atoms with van der Waals surface area (Å²) in [7, 11) is 2.09. The molecule has 1 aromatic carbocycles. The Balaban J connectivity index is 2.13. The number of fused-ring (bicyclic) bond motifs is 1. The van der Waals surface area contributed by atoms with Crippen LogP contribution in [0.15, 0.2) is 12.1 Å². The molecule has 1 N–H and O–H groups in total. The van der Waals surface area contributed by atoms with Gasteiger partial charge in [0, 0.05) is 12.1 Å². The second-order valence-electron chi connectivity index (χ2n) is 5.07. The molecule has 0 amide bonds. The van der Waals surface area contributed by atoms with Gasteiger partial charge in [-0.05, 0) is 44.0 Å². The van der Waals surface area contributed by atoms with Gasteiger partial charge in [-0.3, -0.25) is 0 Å². The molecule has 1 fully saturated rings. The predicted octanol–water partition coefficient (Wildman–Crippen LogP) is 3.35. The first kappa shape index (κ1) is 12.0. The molecule has 0 radical (unpaired) electrons. The molecule has 1 aromatic heterocycles. The Morgan fingerprint density at radius 1 is 1.39 bits per heavy atom. The van der Waals surface area contributed by atoms with Crippen LogP contribution in [0.25, 0.3) is 11.0 Å². The van der Waals surface area contributed by atoms with Crippen molar-refractivity contribution in [1.29, 1.82) is 0 Å². The Labute approximate surface area is 112 Å². The minimum atomic E-state index is 0.384. The first-order valence-corrected chi connectivity index (χ1v) is 6.91. The van der Waals surface area contributed by atoms with Gasteiger partial charge < -0.3 is 9.88 Å². The molecule has 96 valence electrons. The van der Waals surface area contributed by atoms with E-state index < -0.39 is 0 Å². The topological polar surface area (TPSA) is 29.9 Å². The fourth-order valence-corrected chi connectivity index (χ4v) is 2.92. The number of nitrogens with zero attached hydrogens (tertiary/aromatic N) is 2. The Morgan fingerprint density at radius 2 is 2.22 bits per heavy atom. The number of imidazole rings is 1. The fourth-order valence-electron chi connectivity index (χ4n) is 2.77. The highest BCUT2D eigenvalue weighted by Crippen LogP contribution is 2.29. The zero-order chi connectivity index (χ0) is 12.7. The summed E-state index contributed by atoms with van der Waals surface area (Å²) in [5.74, 6) is 1.13. The molecule has 1 aliphatic heterocycles. The van der Waals surface area contributed by atoms with Crippen LogP contribution < -0.4 is 5.32 Å². The quantitative estimate of drug-likeness (QED) is 0.855. The van der Waals surface area contributed by atoms with Crippen molar-refractivity contribution in [2.24, 2.45) is 7.05 Å². The molecule has 1 saturated heterocycles. The Hall–Kier alpha value is -1.06. The highest BCUT2D eigenvalue weighted by Gasteiger charge is 2.21. The molecule has 3 rings (SSSR count). The molecule has 1 atom stereocenters. The minimum Gasteiger partial charge on any atom is -0.330 e. The van der Waals surface area contributed by atoms with Crippen molar-refractivity contribution in [2.45, 2.75) is 32.2 Å². The van der Waals surface area contributed by atoms with Crippen LogP contribution in [0.4, 0.5) is 0 Å². The van der Waals surface area contributed by atoms with E-state index in [1.54, 1.807) is 0 Å². The van der Waals surface area contributed by atoms with Crippen LogP contribution in [0, 0.1) is 6.92 Å². The van der Waals surface area contributed by atoms with Crippen molar-refractivity contribution in [3.05, 3.63) is 28.5 Å². The van der Waals surface area contributed by atoms with Crippen molar-refractivity contribution in [3.8, 4) is 0 Å². The Kier molecular flexibility index (Phi) is 3.04. The number of hydrogen-bond donors (Lipinski definition) is 1. The standard InChI is InChI=1S/C14H18ClN3/c1-9-10(15)6-7-12-13(9)17-14(18(12)2)11-5-3-4-8-16-11/h6-7,11,16H,3-5,8H2,1-2H3. The first-order chi connectivity index (χ1) is 8.68. The highest BCUT2D eigenvalue weighted by molar-refractivity contribution is 6.32. The number of piperidine rings is 1. The summed E-state index contributed by atoms with van der Waals surface area (Å²) in [5.41, 5.74) is 3.28. The van der Waals surface area contributed by atoms with E-state index in [9.17, 15) is 0 Å². The monoisotopic (exact) mass is 263 g/mol. The van der Waals surface area contributed by atoms with Crippen molar-refractivity contribution in [2.75, 3.05) is 6.54 Å². The van der Waals surface area contributed by atoms with E-state index in [-0.39, 0.29) is 0 Å². The lowest BCUT2D eigenvalue weighted by molar-refractivity contribution is 0.392. The van der Waals surface area contributed by atoms with Gasteiger partial charge in [0.05, 0.1) is 17.1 Å². The van der Waals surface area contributed by atoms with E-state index in [0.29, 0.717) is 6.04 Å². The van der Waals surface area contributed by atoms with Gasteiger partial charge in [-0.2, -0.15) is 0 Å². The summed E-state index contributed by atoms with van der Waals surface area (Å²) in [6.45, 7) is 3.13. The largest absolute Gasteiger partial charge is 0.330 e. The molecule has 3 nitrogen and oxygen atoms in total. The lowest BCUT2D eigenvalue weighted by Gasteiger charge is -2.22. The Morgan fingerprint density at radius 3 is 2.94 bits per heavy atom. The molecule has 1 unspecified atom stereocenters. The minimum absolute atomic E-state index is 0.384. The summed E-state index contributed by atoms with van der Waals surface area (Å²) in [6, 6.07) is 4.40. The molecule has 2 aromatic rings. The summed E-state index contributed by atoms with van der Waals surface area (Å²) in [4.78, 5) is 4.81. The van der Waals surface area contributed by atoms with E-state index in [4.69, 9.17) is 16.6 Å². The van der Waals surface area contributed by atoms with Crippen molar-refractivity contribution >= 4 is 22.6 Å². The smallest absolute Gasteiger partial charge is 0.126 e. The van der Waals surface area contributed by atoms with Crippen molar-refractivity contribution in [1.82, 2.24) is 14.9 Å². The lowest BCUT2D eigenvalue weighted by atomic mass is 10.0. The molecule has 2 heterocycles. The van der Waals surface area contributed by atoms with Gasteiger partial charge in [0.1, 0.15) is 5.82 Å². The van der Waals surface area contributed by atoms with Crippen LogP contribution in [-0.2, 0) is 7.05 Å². The summed E-state index contributed by atoms with van der Waals surface area (Å²) >= 11 is 6.17. The normalized spacial score (nSPS) is 20.5. The van der Waals surface area contributed by atoms with Gasteiger partial charge >= 0.3 is 0 Å². The van der Waals surface area contributed by atoms with E-state index in [1.165, 1.54) is 24.8 Å². The molecule has 0 bridgehead atoms. The second-order valence-corrected chi connectivity index (χ2v) is 5.48. The first-order valence-electron chi connectivity index (χ1n) is 6.53. The number of aromatic nitrogens is 2. The van der Waals surface area contributed by atoms with Gasteiger partial charge in [-0.15, -0.1) is 0 Å². The zero-order valence-electron chi connectivity index (χ0n) is 10.8. The third-order valence-corrected chi connectivity index (χ3v) is 4.31. The van der Waals surface area contributed by atoms with E-state index >= 15 is 0 Å². The summed E-state index contributed by atoms with van der Waals surface area (Å²) in [5, 5.41) is 4.35. The number of hydrogen-bond acceptors (Lipinski definition) is 2. The average molecular weight is 264 g/mol. The maximum Gasteiger partial charge on any atom is 0.126 e. The van der Waals surface area contributed by atoms with E-state index in [0.717, 1.165) is 28.5 Å². The molecule has 18 heavy (non-hydrogen) atoms. The van der Waals surface area contributed by atoms with Crippen LogP contribution in [0.5, 0.6) is 0 Å². The summed E-state index contributed by atoms with van der Waals surface area (Å²) < 4.78 is 2.20. The second kappa shape index (κ2) is 4.56. The van der Waals surface area contributed by atoms with Gasteiger partial charge in [0.25, 0.3) is 0 Å². The van der Waals surface area contributed by atoms with Crippen LogP contribution in [-0.4, -0.2) is 16.1 Å². The van der Waals surface area contributed by atoms with Crippen molar-refractivity contribution < 1.29 is 0 Å². The van der Waals surface area contributed by atoms with Gasteiger partial charge in [0.2, 0.25) is 0 Å². The van der Waals surface area contributed by atoms with Crippen LogP contribution in [0.1, 0.15) is 36.7 Å². The van der Waals surface area contributed by atoms with Crippen LogP contribution in [0.3, 0.4) is 0 Å². The predicted molar refractivity (Wildman–Crippen MR) is 75.1 cm³/mol. The number of halogens is 1. The number of rotatable bonds is 1. The molecule has 1 aliphatic rings. The molecule has 0 spiro atoms. The highest BCUT2D eigenvalue weighted by atomic mass is 35.5. The van der Waals surface area contributed by atoms with Crippen LogP contribution in [0.2, 0.25) is 5.02 Å². The third-order valence-electron chi connectivity index (χ3n) is 3.90. The van der Waals surface area contributed by atoms with Crippen LogP contribution >= 0.6 is 11.6 Å². The number of nitrogens with one attached hydrogen (secondary N) is 1. The van der Waals surface area contributed by atoms with Gasteiger partial charge in [-0.25, -0.2) is 4.98 Å². The molecular formula is C14H18ClN3. The molecular weight excluding hydrogens is 246 g/mol. The van der Waals surface area contributed by atoms with Gasteiger partial charge in [-0.1, -0.05) is 18.0 Å². The SMILES string of the molecule is Cc1c(Cl)ccc2c1nc(C1CCCCN1)n2C. The number of benzene rings is 1. The fraction of sp³-hybridized carbons (Fsp3) is 0.500. The van der Waals surface area contributed by atoms with E-state index in [1.807, 2.05) is 13.0 Å². The molecule has 4 heteroatoms.